The number of hydrogen-bond acceptors (Lipinski definition) is 2. The molecule has 2 aromatic rings. The van der Waals surface area contributed by atoms with Crippen LogP contribution in [-0.2, 0) is 11.2 Å². The Morgan fingerprint density at radius 2 is 1.85 bits per heavy atom. The highest BCUT2D eigenvalue weighted by Gasteiger charge is 2.11. The lowest BCUT2D eigenvalue weighted by atomic mass is 10.1. The molecular weight excluding hydrogens is 318 g/mol. The number of thioether (sulfide) groups is 1. The van der Waals surface area contributed by atoms with Crippen molar-refractivity contribution in [2.24, 2.45) is 0 Å². The molecule has 5 heteroatoms. The molecule has 0 aromatic heterocycles. The van der Waals surface area contributed by atoms with Gasteiger partial charge in [0.1, 0.15) is 11.6 Å². The quantitative estimate of drug-likeness (QED) is 0.715. The third-order valence-electron chi connectivity index (χ3n) is 2.64. The molecule has 20 heavy (non-hydrogen) atoms. The van der Waals surface area contributed by atoms with Gasteiger partial charge < -0.3 is 0 Å². The predicted molar refractivity (Wildman–Crippen MR) is 82.3 cm³/mol. The molecule has 0 fully saturated rings. The Balaban J connectivity index is 1.96. The molecule has 0 saturated carbocycles. The van der Waals surface area contributed by atoms with E-state index in [1.54, 1.807) is 36.4 Å². The first kappa shape index (κ1) is 15.4. The Hall–Kier alpha value is -1.03. The molecule has 0 heterocycles. The van der Waals surface area contributed by atoms with Crippen LogP contribution < -0.4 is 0 Å². The fourth-order valence-corrected chi connectivity index (χ4v) is 2.85. The topological polar surface area (TPSA) is 17.1 Å². The van der Waals surface area contributed by atoms with Crippen molar-refractivity contribution in [1.29, 1.82) is 0 Å². The minimum atomic E-state index is -0.314. The summed E-state index contributed by atoms with van der Waals surface area (Å²) in [5, 5.41) is 0.831. The summed E-state index contributed by atoms with van der Waals surface area (Å²) in [5.41, 5.74) is 0.693. The van der Waals surface area contributed by atoms with E-state index in [4.69, 9.17) is 23.2 Å². The molecule has 1 nitrogen and oxygen atoms in total. The second-order valence-corrected chi connectivity index (χ2v) is 5.95. The molecule has 0 aliphatic carbocycles. The molecule has 0 saturated heterocycles. The lowest BCUT2D eigenvalue weighted by Crippen LogP contribution is -2.06. The Morgan fingerprint density at radius 3 is 2.60 bits per heavy atom. The molecule has 0 unspecified atom stereocenters. The Labute approximate surface area is 131 Å². The number of benzene rings is 2. The fourth-order valence-electron chi connectivity index (χ4n) is 1.67. The molecule has 2 aromatic carbocycles. The molecule has 0 bridgehead atoms. The molecule has 0 aliphatic rings. The van der Waals surface area contributed by atoms with Crippen molar-refractivity contribution in [3.05, 3.63) is 63.9 Å². The van der Waals surface area contributed by atoms with Gasteiger partial charge in [0.25, 0.3) is 0 Å². The third-order valence-corrected chi connectivity index (χ3v) is 4.61. The maximum absolute atomic E-state index is 13.4. The lowest BCUT2D eigenvalue weighted by Gasteiger charge is -2.05. The molecule has 0 aliphatic heterocycles. The summed E-state index contributed by atoms with van der Waals surface area (Å²) in [6, 6.07) is 11.6. The van der Waals surface area contributed by atoms with Gasteiger partial charge in [0.05, 0.1) is 15.8 Å². The van der Waals surface area contributed by atoms with E-state index in [-0.39, 0.29) is 23.8 Å². The Morgan fingerprint density at radius 1 is 1.10 bits per heavy atom. The zero-order chi connectivity index (χ0) is 14.5. The van der Waals surface area contributed by atoms with Gasteiger partial charge in [-0.2, -0.15) is 0 Å². The van der Waals surface area contributed by atoms with Crippen LogP contribution in [0, 0.1) is 5.82 Å². The van der Waals surface area contributed by atoms with Crippen molar-refractivity contribution < 1.29 is 9.18 Å². The normalized spacial score (nSPS) is 10.6. The van der Waals surface area contributed by atoms with Crippen LogP contribution in [0.4, 0.5) is 4.39 Å². The maximum Gasteiger partial charge on any atom is 0.147 e. The first-order valence-corrected chi connectivity index (χ1v) is 7.64. The second kappa shape index (κ2) is 7.11. The summed E-state index contributed by atoms with van der Waals surface area (Å²) < 4.78 is 13.4. The van der Waals surface area contributed by atoms with Crippen LogP contribution in [0.2, 0.25) is 10.0 Å². The zero-order valence-electron chi connectivity index (χ0n) is 10.4. The van der Waals surface area contributed by atoms with Crippen molar-refractivity contribution >= 4 is 40.7 Å². The van der Waals surface area contributed by atoms with Crippen LogP contribution in [0.1, 0.15) is 5.56 Å². The van der Waals surface area contributed by atoms with Crippen molar-refractivity contribution in [3.63, 3.8) is 0 Å². The molecule has 0 N–H and O–H groups in total. The van der Waals surface area contributed by atoms with Gasteiger partial charge in [-0.15, -0.1) is 11.8 Å². The number of rotatable bonds is 5. The number of carbonyl (C=O) groups excluding carboxylic acids is 1. The van der Waals surface area contributed by atoms with E-state index in [9.17, 15) is 9.18 Å². The van der Waals surface area contributed by atoms with E-state index in [0.717, 1.165) is 0 Å². The fraction of sp³-hybridized carbons (Fsp3) is 0.133. The second-order valence-electron chi connectivity index (χ2n) is 4.15. The molecule has 0 spiro atoms. The van der Waals surface area contributed by atoms with E-state index < -0.39 is 0 Å². The third kappa shape index (κ3) is 3.98. The summed E-state index contributed by atoms with van der Waals surface area (Å²) in [6.45, 7) is 0. The van der Waals surface area contributed by atoms with Crippen molar-refractivity contribution in [1.82, 2.24) is 0 Å². The monoisotopic (exact) mass is 328 g/mol. The summed E-state index contributed by atoms with van der Waals surface area (Å²) in [7, 11) is 0. The van der Waals surface area contributed by atoms with Gasteiger partial charge in [-0.1, -0.05) is 47.5 Å². The van der Waals surface area contributed by atoms with Crippen LogP contribution in [0.15, 0.2) is 47.4 Å². The molecule has 0 amide bonds. The summed E-state index contributed by atoms with van der Waals surface area (Å²) in [6.07, 6.45) is 0.195. The average Bonchev–Trinajstić information content (AvgIpc) is 2.43. The molecule has 2 rings (SSSR count). The van der Waals surface area contributed by atoms with E-state index >= 15 is 0 Å². The van der Waals surface area contributed by atoms with Crippen LogP contribution >= 0.6 is 35.0 Å². The number of hydrogen-bond donors (Lipinski definition) is 0. The van der Waals surface area contributed by atoms with Crippen LogP contribution in [0.3, 0.4) is 0 Å². The number of halogens is 3. The predicted octanol–water partition coefficient (Wildman–Crippen LogP) is 5.04. The van der Waals surface area contributed by atoms with Crippen LogP contribution in [-0.4, -0.2) is 11.5 Å². The summed E-state index contributed by atoms with van der Waals surface area (Å²) >= 11 is 13.1. The number of ketones is 1. The van der Waals surface area contributed by atoms with Crippen LogP contribution in [0.5, 0.6) is 0 Å². The number of carbonyl (C=O) groups is 1. The molecular formula is C15H11Cl2FOS. The molecule has 0 atom stereocenters. The largest absolute Gasteiger partial charge is 0.298 e. The number of Topliss-reactive ketones (excluding diaryl/α,β-unsaturated/α-hetero) is 1. The first-order valence-electron chi connectivity index (χ1n) is 5.90. The van der Waals surface area contributed by atoms with Gasteiger partial charge in [0.15, 0.2) is 0 Å². The highest BCUT2D eigenvalue weighted by atomic mass is 35.5. The highest BCUT2D eigenvalue weighted by Crippen LogP contribution is 2.27. The summed E-state index contributed by atoms with van der Waals surface area (Å²) in [5.74, 6) is -0.141. The molecule has 104 valence electrons. The van der Waals surface area contributed by atoms with Gasteiger partial charge in [-0.3, -0.25) is 4.79 Å². The molecule has 0 radical (unpaired) electrons. The van der Waals surface area contributed by atoms with Gasteiger partial charge in [-0.05, 0) is 23.8 Å². The van der Waals surface area contributed by atoms with Gasteiger partial charge in [-0.25, -0.2) is 4.39 Å². The van der Waals surface area contributed by atoms with Crippen molar-refractivity contribution in [3.8, 4) is 0 Å². The van der Waals surface area contributed by atoms with E-state index in [2.05, 4.69) is 0 Å². The minimum Gasteiger partial charge on any atom is -0.298 e. The lowest BCUT2D eigenvalue weighted by molar-refractivity contribution is -0.116. The van der Waals surface area contributed by atoms with Gasteiger partial charge in [0.2, 0.25) is 0 Å². The Bertz CT molecular complexity index is 631. The SMILES string of the molecule is O=C(CSc1ccccc1F)Cc1cccc(Cl)c1Cl. The van der Waals surface area contributed by atoms with Crippen molar-refractivity contribution in [2.45, 2.75) is 11.3 Å². The van der Waals surface area contributed by atoms with Crippen molar-refractivity contribution in [2.75, 3.05) is 5.75 Å². The summed E-state index contributed by atoms with van der Waals surface area (Å²) in [4.78, 5) is 12.4. The maximum atomic E-state index is 13.4. The minimum absolute atomic E-state index is 0.0255. The first-order chi connectivity index (χ1) is 9.58. The van der Waals surface area contributed by atoms with E-state index in [1.165, 1.54) is 17.8 Å². The van der Waals surface area contributed by atoms with E-state index in [1.807, 2.05) is 0 Å². The van der Waals surface area contributed by atoms with Crippen LogP contribution in [0.25, 0.3) is 0 Å². The van der Waals surface area contributed by atoms with Gasteiger partial charge >= 0.3 is 0 Å². The smallest absolute Gasteiger partial charge is 0.147 e. The Kier molecular flexibility index (Phi) is 5.46. The standard InChI is InChI=1S/C15H11Cl2FOS/c16-12-5-3-4-10(15(12)17)8-11(19)9-20-14-7-2-1-6-13(14)18/h1-7H,8-9H2. The van der Waals surface area contributed by atoms with E-state index in [0.29, 0.717) is 20.5 Å². The average molecular weight is 329 g/mol. The van der Waals surface area contributed by atoms with Gasteiger partial charge in [0, 0.05) is 11.3 Å². The highest BCUT2D eigenvalue weighted by molar-refractivity contribution is 8.00. The zero-order valence-corrected chi connectivity index (χ0v) is 12.7.